The molecule has 0 aromatic heterocycles. The summed E-state index contributed by atoms with van der Waals surface area (Å²) in [5, 5.41) is 16.5. The molecule has 0 aliphatic rings. The summed E-state index contributed by atoms with van der Waals surface area (Å²) >= 11 is 0. The Hall–Kier alpha value is -1.79. The third-order valence-corrected chi connectivity index (χ3v) is 2.74. The molecule has 4 N–H and O–H groups in total. The van der Waals surface area contributed by atoms with Crippen molar-refractivity contribution in [3.8, 4) is 0 Å². The maximum Gasteiger partial charge on any atom is 0.314 e. The van der Waals surface area contributed by atoms with Crippen molar-refractivity contribution in [3.05, 3.63) is 0 Å². The zero-order valence-electron chi connectivity index (χ0n) is 12.4. The summed E-state index contributed by atoms with van der Waals surface area (Å²) in [6, 6.07) is -0.381. The lowest BCUT2D eigenvalue weighted by atomic mass is 9.94. The summed E-state index contributed by atoms with van der Waals surface area (Å²) in [5.74, 6) is -0.721. The van der Waals surface area contributed by atoms with E-state index in [9.17, 15) is 14.4 Å². The maximum atomic E-state index is 11.5. The first-order valence-electron chi connectivity index (χ1n) is 6.79. The Balaban J connectivity index is 3.97. The molecule has 0 fully saturated rings. The number of rotatable bonds is 9. The smallest absolute Gasteiger partial charge is 0.314 e. The SMILES string of the molecule is CNC(=O)CCNC(=O)NCC(CC(=O)O)CC(C)C. The predicted octanol–water partition coefficient (Wildman–Crippen LogP) is 0.559. The molecule has 7 nitrogen and oxygen atoms in total. The van der Waals surface area contributed by atoms with Crippen LogP contribution in [0.2, 0.25) is 0 Å². The molecule has 0 aliphatic carbocycles. The second-order valence-corrected chi connectivity index (χ2v) is 5.15. The van der Waals surface area contributed by atoms with Gasteiger partial charge in [0.2, 0.25) is 5.91 Å². The Kier molecular flexibility index (Phi) is 9.15. The van der Waals surface area contributed by atoms with Crippen LogP contribution in [-0.4, -0.2) is 43.2 Å². The summed E-state index contributed by atoms with van der Waals surface area (Å²) < 4.78 is 0. The highest BCUT2D eigenvalue weighted by atomic mass is 16.4. The van der Waals surface area contributed by atoms with Crippen LogP contribution in [0, 0.1) is 11.8 Å². The van der Waals surface area contributed by atoms with Crippen LogP contribution < -0.4 is 16.0 Å². The van der Waals surface area contributed by atoms with Gasteiger partial charge in [-0.15, -0.1) is 0 Å². The molecule has 1 atom stereocenters. The Labute approximate surface area is 119 Å². The Morgan fingerprint density at radius 1 is 1.15 bits per heavy atom. The predicted molar refractivity (Wildman–Crippen MR) is 75.3 cm³/mol. The van der Waals surface area contributed by atoms with Gasteiger partial charge < -0.3 is 21.1 Å². The van der Waals surface area contributed by atoms with Crippen molar-refractivity contribution >= 4 is 17.9 Å². The maximum absolute atomic E-state index is 11.5. The lowest BCUT2D eigenvalue weighted by molar-refractivity contribution is -0.138. The third kappa shape index (κ3) is 10.2. The molecule has 1 unspecified atom stereocenters. The number of hydrogen-bond acceptors (Lipinski definition) is 3. The molecule has 116 valence electrons. The molecule has 7 heteroatoms. The lowest BCUT2D eigenvalue weighted by Crippen LogP contribution is -2.40. The van der Waals surface area contributed by atoms with Crippen LogP contribution in [0.25, 0.3) is 0 Å². The number of carbonyl (C=O) groups excluding carboxylic acids is 2. The fraction of sp³-hybridized carbons (Fsp3) is 0.769. The van der Waals surface area contributed by atoms with Crippen LogP contribution in [0.15, 0.2) is 0 Å². The average Bonchev–Trinajstić information content (AvgIpc) is 2.34. The minimum absolute atomic E-state index is 0.0384. The van der Waals surface area contributed by atoms with E-state index in [-0.39, 0.29) is 37.2 Å². The zero-order valence-corrected chi connectivity index (χ0v) is 12.4. The molecule has 0 aromatic rings. The molecular weight excluding hydrogens is 262 g/mol. The summed E-state index contributed by atoms with van der Waals surface area (Å²) in [5.41, 5.74) is 0. The second kappa shape index (κ2) is 10.1. The summed E-state index contributed by atoms with van der Waals surface area (Å²) in [6.07, 6.45) is 0.996. The van der Waals surface area contributed by atoms with E-state index in [1.165, 1.54) is 7.05 Å². The van der Waals surface area contributed by atoms with Crippen LogP contribution in [-0.2, 0) is 9.59 Å². The Bertz CT molecular complexity index is 332. The molecule has 0 saturated heterocycles. The van der Waals surface area contributed by atoms with E-state index >= 15 is 0 Å². The van der Waals surface area contributed by atoms with Crippen LogP contribution in [0.3, 0.4) is 0 Å². The number of carboxylic acid groups (broad SMARTS) is 1. The van der Waals surface area contributed by atoms with Crippen molar-refractivity contribution in [2.24, 2.45) is 11.8 Å². The number of carbonyl (C=O) groups is 3. The van der Waals surface area contributed by atoms with E-state index in [1.54, 1.807) is 0 Å². The number of carboxylic acids is 1. The summed E-state index contributed by atoms with van der Waals surface area (Å²) in [7, 11) is 1.53. The molecule has 0 bridgehead atoms. The number of urea groups is 1. The van der Waals surface area contributed by atoms with E-state index in [0.29, 0.717) is 12.5 Å². The van der Waals surface area contributed by atoms with Crippen LogP contribution in [0.1, 0.15) is 33.1 Å². The van der Waals surface area contributed by atoms with Crippen molar-refractivity contribution in [1.82, 2.24) is 16.0 Å². The minimum Gasteiger partial charge on any atom is -0.481 e. The fourth-order valence-corrected chi connectivity index (χ4v) is 1.87. The lowest BCUT2D eigenvalue weighted by Gasteiger charge is -2.18. The van der Waals surface area contributed by atoms with E-state index < -0.39 is 5.97 Å². The van der Waals surface area contributed by atoms with Gasteiger partial charge in [-0.05, 0) is 18.3 Å². The molecule has 0 spiro atoms. The van der Waals surface area contributed by atoms with Crippen molar-refractivity contribution in [3.63, 3.8) is 0 Å². The van der Waals surface area contributed by atoms with Crippen molar-refractivity contribution in [1.29, 1.82) is 0 Å². The van der Waals surface area contributed by atoms with Crippen LogP contribution in [0.5, 0.6) is 0 Å². The van der Waals surface area contributed by atoms with Gasteiger partial charge >= 0.3 is 12.0 Å². The highest BCUT2D eigenvalue weighted by Gasteiger charge is 2.16. The third-order valence-electron chi connectivity index (χ3n) is 2.74. The number of nitrogens with one attached hydrogen (secondary N) is 3. The first kappa shape index (κ1) is 18.2. The summed E-state index contributed by atoms with van der Waals surface area (Å²) in [4.78, 5) is 33.2. The Morgan fingerprint density at radius 2 is 1.80 bits per heavy atom. The van der Waals surface area contributed by atoms with Crippen LogP contribution in [0.4, 0.5) is 4.79 Å². The highest BCUT2D eigenvalue weighted by molar-refractivity contribution is 5.77. The minimum atomic E-state index is -0.863. The molecule has 0 heterocycles. The standard InChI is InChI=1S/C13H25N3O4/c1-9(2)6-10(7-12(18)19)8-16-13(20)15-5-4-11(17)14-3/h9-10H,4-8H2,1-3H3,(H,14,17)(H,18,19)(H2,15,16,20). The van der Waals surface area contributed by atoms with Crippen molar-refractivity contribution in [2.45, 2.75) is 33.1 Å². The molecule has 20 heavy (non-hydrogen) atoms. The van der Waals surface area contributed by atoms with Gasteiger partial charge in [0.15, 0.2) is 0 Å². The second-order valence-electron chi connectivity index (χ2n) is 5.15. The number of amides is 3. The summed E-state index contributed by atoms with van der Waals surface area (Å²) in [6.45, 7) is 4.59. The van der Waals surface area contributed by atoms with Gasteiger partial charge in [0, 0.05) is 33.0 Å². The molecular formula is C13H25N3O4. The van der Waals surface area contributed by atoms with E-state index in [1.807, 2.05) is 13.8 Å². The fourth-order valence-electron chi connectivity index (χ4n) is 1.87. The van der Waals surface area contributed by atoms with Gasteiger partial charge in [-0.3, -0.25) is 9.59 Å². The molecule has 0 radical (unpaired) electrons. The van der Waals surface area contributed by atoms with E-state index in [0.717, 1.165) is 6.42 Å². The van der Waals surface area contributed by atoms with E-state index in [4.69, 9.17) is 5.11 Å². The first-order chi connectivity index (χ1) is 9.35. The van der Waals surface area contributed by atoms with Gasteiger partial charge in [0.25, 0.3) is 0 Å². The zero-order chi connectivity index (χ0) is 15.5. The van der Waals surface area contributed by atoms with Crippen LogP contribution >= 0.6 is 0 Å². The van der Waals surface area contributed by atoms with Gasteiger partial charge in [0.1, 0.15) is 0 Å². The monoisotopic (exact) mass is 287 g/mol. The quantitative estimate of drug-likeness (QED) is 0.497. The van der Waals surface area contributed by atoms with Gasteiger partial charge in [-0.25, -0.2) is 4.79 Å². The average molecular weight is 287 g/mol. The topological polar surface area (TPSA) is 108 Å². The molecule has 0 aliphatic heterocycles. The highest BCUT2D eigenvalue weighted by Crippen LogP contribution is 2.14. The Morgan fingerprint density at radius 3 is 2.30 bits per heavy atom. The first-order valence-corrected chi connectivity index (χ1v) is 6.79. The largest absolute Gasteiger partial charge is 0.481 e. The number of aliphatic carboxylic acids is 1. The number of hydrogen-bond donors (Lipinski definition) is 4. The van der Waals surface area contributed by atoms with Gasteiger partial charge in [0.05, 0.1) is 0 Å². The molecule has 0 rings (SSSR count). The van der Waals surface area contributed by atoms with Gasteiger partial charge in [-0.1, -0.05) is 13.8 Å². The van der Waals surface area contributed by atoms with Crippen molar-refractivity contribution in [2.75, 3.05) is 20.1 Å². The molecule has 0 aromatic carbocycles. The molecule has 0 saturated carbocycles. The normalized spacial score (nSPS) is 11.8. The van der Waals surface area contributed by atoms with E-state index in [2.05, 4.69) is 16.0 Å². The van der Waals surface area contributed by atoms with Crippen molar-refractivity contribution < 1.29 is 19.5 Å². The van der Waals surface area contributed by atoms with Gasteiger partial charge in [-0.2, -0.15) is 0 Å². The molecule has 3 amide bonds.